The molecule has 1 aromatic rings. The highest BCUT2D eigenvalue weighted by molar-refractivity contribution is 5.93. The topological polar surface area (TPSA) is 85.4 Å². The fourth-order valence-corrected chi connectivity index (χ4v) is 7.59. The van der Waals surface area contributed by atoms with Crippen LogP contribution in [0.2, 0.25) is 0 Å². The van der Waals surface area contributed by atoms with E-state index in [1.54, 1.807) is 39.0 Å². The minimum absolute atomic E-state index is 0.0240. The number of hydrogen-bond donors (Lipinski definition) is 0. The Morgan fingerprint density at radius 2 is 1.59 bits per heavy atom. The van der Waals surface area contributed by atoms with Crippen LogP contribution in [0.1, 0.15) is 86.7 Å². The van der Waals surface area contributed by atoms with Gasteiger partial charge in [-0.1, -0.05) is 30.9 Å². The molecule has 49 heavy (non-hydrogen) atoms. The fraction of sp³-hybridized carbons (Fsp3) is 0.686. The van der Waals surface area contributed by atoms with Gasteiger partial charge in [0.25, 0.3) is 0 Å². The van der Waals surface area contributed by atoms with Gasteiger partial charge in [-0.2, -0.15) is 26.3 Å². The standard InChI is InChI=1S/C35H44F6N2O6/c1-5-15-48-30(46)42-16-25(32(19-42)20-43(21-32)29(45)33(13-14-33)35(39,40)41)18-47-17-23-7-6-8-26(27(23)28(44)49-31(2,3)4)22-9-11-24(12-10-22)34(36,37)38/h5-8,22,24-25H,1,9-21H2,2-4H3. The molecule has 2 amide bonds. The Hall–Kier alpha value is -3.29. The highest BCUT2D eigenvalue weighted by Crippen LogP contribution is 2.60. The van der Waals surface area contributed by atoms with Gasteiger partial charge in [-0.15, -0.1) is 0 Å². The molecule has 0 radical (unpaired) electrons. The SMILES string of the molecule is C=CCOC(=O)N1CC(COCc2cccc(C3CCC(C(F)(F)F)CC3)c2C(=O)OC(C)(C)C)C2(C1)CN(C(=O)C1(C(F)(F)F)CC1)C2. The van der Waals surface area contributed by atoms with Gasteiger partial charge in [0.05, 0.1) is 24.7 Å². The second-order valence-electron chi connectivity index (χ2n) is 15.0. The van der Waals surface area contributed by atoms with Gasteiger partial charge in [0, 0.05) is 37.5 Å². The first-order valence-electron chi connectivity index (χ1n) is 16.7. The predicted molar refractivity (Wildman–Crippen MR) is 165 cm³/mol. The molecule has 0 N–H and O–H groups in total. The molecule has 2 saturated heterocycles. The molecule has 1 atom stereocenters. The van der Waals surface area contributed by atoms with Gasteiger partial charge in [-0.05, 0) is 76.3 Å². The molecule has 4 aliphatic rings. The van der Waals surface area contributed by atoms with Crippen LogP contribution in [-0.2, 0) is 25.6 Å². The van der Waals surface area contributed by atoms with E-state index >= 15 is 0 Å². The van der Waals surface area contributed by atoms with Gasteiger partial charge in [0.15, 0.2) is 0 Å². The first-order valence-corrected chi connectivity index (χ1v) is 16.7. The molecule has 8 nitrogen and oxygen atoms in total. The quantitative estimate of drug-likeness (QED) is 0.151. The zero-order valence-corrected chi connectivity index (χ0v) is 28.1. The van der Waals surface area contributed by atoms with Crippen LogP contribution in [0.4, 0.5) is 31.1 Å². The number of carbonyl (C=O) groups is 3. The number of halogens is 6. The second kappa shape index (κ2) is 13.4. The van der Waals surface area contributed by atoms with E-state index in [1.807, 2.05) is 0 Å². The molecule has 4 fully saturated rings. The number of ether oxygens (including phenoxy) is 3. The third-order valence-electron chi connectivity index (χ3n) is 10.4. The molecule has 1 aromatic carbocycles. The molecule has 2 heterocycles. The van der Waals surface area contributed by atoms with Crippen LogP contribution in [0, 0.1) is 22.7 Å². The molecule has 2 aliphatic heterocycles. The van der Waals surface area contributed by atoms with E-state index in [0.29, 0.717) is 11.1 Å². The number of hydrogen-bond acceptors (Lipinski definition) is 6. The number of esters is 1. The lowest BCUT2D eigenvalue weighted by atomic mass is 9.71. The Morgan fingerprint density at radius 3 is 2.14 bits per heavy atom. The highest BCUT2D eigenvalue weighted by Gasteiger charge is 2.71. The number of nitrogens with zero attached hydrogens (tertiary/aromatic N) is 2. The minimum atomic E-state index is -4.64. The largest absolute Gasteiger partial charge is 0.456 e. The van der Waals surface area contributed by atoms with Gasteiger partial charge < -0.3 is 24.0 Å². The molecule has 5 rings (SSSR count). The van der Waals surface area contributed by atoms with Crippen LogP contribution in [0.15, 0.2) is 30.9 Å². The third-order valence-corrected chi connectivity index (χ3v) is 10.4. The zero-order valence-electron chi connectivity index (χ0n) is 28.1. The van der Waals surface area contributed by atoms with Crippen molar-refractivity contribution in [3.8, 4) is 0 Å². The van der Waals surface area contributed by atoms with Crippen molar-refractivity contribution in [3.05, 3.63) is 47.5 Å². The van der Waals surface area contributed by atoms with E-state index in [4.69, 9.17) is 14.2 Å². The Morgan fingerprint density at radius 1 is 0.959 bits per heavy atom. The molecule has 1 spiro atoms. The van der Waals surface area contributed by atoms with E-state index in [1.165, 1.54) is 15.9 Å². The fourth-order valence-electron chi connectivity index (χ4n) is 7.59. The van der Waals surface area contributed by atoms with Crippen molar-refractivity contribution in [2.75, 3.05) is 39.4 Å². The smallest absolute Gasteiger partial charge is 0.410 e. The van der Waals surface area contributed by atoms with Gasteiger partial charge in [0.1, 0.15) is 17.6 Å². The van der Waals surface area contributed by atoms with Crippen LogP contribution < -0.4 is 0 Å². The summed E-state index contributed by atoms with van der Waals surface area (Å²) >= 11 is 0. The zero-order chi connectivity index (χ0) is 36.0. The summed E-state index contributed by atoms with van der Waals surface area (Å²) < 4.78 is 98.3. The summed E-state index contributed by atoms with van der Waals surface area (Å²) in [5, 5.41) is 0. The number of benzene rings is 1. The number of rotatable bonds is 9. The number of likely N-dealkylation sites (tertiary alicyclic amines) is 2. The Balaban J connectivity index is 1.32. The minimum Gasteiger partial charge on any atom is -0.456 e. The van der Waals surface area contributed by atoms with Crippen molar-refractivity contribution >= 4 is 18.0 Å². The van der Waals surface area contributed by atoms with Crippen molar-refractivity contribution in [2.45, 2.75) is 89.8 Å². The van der Waals surface area contributed by atoms with E-state index in [0.717, 1.165) is 0 Å². The van der Waals surface area contributed by atoms with Crippen LogP contribution in [0.5, 0.6) is 0 Å². The summed E-state index contributed by atoms with van der Waals surface area (Å²) in [6.45, 7) is 9.08. The molecule has 2 saturated carbocycles. The summed E-state index contributed by atoms with van der Waals surface area (Å²) in [5.74, 6) is -3.58. The monoisotopic (exact) mass is 702 g/mol. The average molecular weight is 703 g/mol. The first kappa shape index (κ1) is 37.0. The first-order chi connectivity index (χ1) is 22.8. The number of carbonyl (C=O) groups excluding carboxylic acids is 3. The lowest BCUT2D eigenvalue weighted by Gasteiger charge is -2.51. The van der Waals surface area contributed by atoms with Crippen molar-refractivity contribution < 1.29 is 54.9 Å². The number of amides is 2. The molecule has 14 heteroatoms. The van der Waals surface area contributed by atoms with Crippen LogP contribution >= 0.6 is 0 Å². The van der Waals surface area contributed by atoms with E-state index < -0.39 is 52.7 Å². The lowest BCUT2D eigenvalue weighted by Crippen LogP contribution is -2.65. The van der Waals surface area contributed by atoms with Gasteiger partial charge in [-0.3, -0.25) is 4.79 Å². The molecule has 2 aliphatic carbocycles. The Kier molecular flexibility index (Phi) is 10.1. The van der Waals surface area contributed by atoms with Crippen LogP contribution in [-0.4, -0.2) is 85.1 Å². The molecular formula is C35H44F6N2O6. The molecule has 0 bridgehead atoms. The summed E-state index contributed by atoms with van der Waals surface area (Å²) in [4.78, 5) is 41.9. The Bertz CT molecular complexity index is 1420. The predicted octanol–water partition coefficient (Wildman–Crippen LogP) is 7.42. The summed E-state index contributed by atoms with van der Waals surface area (Å²) in [7, 11) is 0. The maximum atomic E-state index is 13.7. The summed E-state index contributed by atoms with van der Waals surface area (Å²) in [6, 6.07) is 5.17. The molecule has 272 valence electrons. The van der Waals surface area contributed by atoms with Crippen molar-refractivity contribution in [1.82, 2.24) is 9.80 Å². The van der Waals surface area contributed by atoms with Crippen LogP contribution in [0.3, 0.4) is 0 Å². The Labute approximate surface area is 282 Å². The molecular weight excluding hydrogens is 658 g/mol. The van der Waals surface area contributed by atoms with Crippen molar-refractivity contribution in [1.29, 1.82) is 0 Å². The van der Waals surface area contributed by atoms with Gasteiger partial charge in [-0.25, -0.2) is 9.59 Å². The summed E-state index contributed by atoms with van der Waals surface area (Å²) in [5.41, 5.74) is -2.53. The molecule has 1 unspecified atom stereocenters. The van der Waals surface area contributed by atoms with E-state index in [2.05, 4.69) is 6.58 Å². The number of alkyl halides is 6. The second-order valence-corrected chi connectivity index (χ2v) is 15.0. The lowest BCUT2D eigenvalue weighted by molar-refractivity contribution is -0.205. The van der Waals surface area contributed by atoms with Crippen molar-refractivity contribution in [2.24, 2.45) is 22.7 Å². The van der Waals surface area contributed by atoms with Gasteiger partial charge in [0.2, 0.25) is 5.91 Å². The van der Waals surface area contributed by atoms with Crippen molar-refractivity contribution in [3.63, 3.8) is 0 Å². The highest BCUT2D eigenvalue weighted by atomic mass is 19.4. The molecule has 0 aromatic heterocycles. The van der Waals surface area contributed by atoms with Gasteiger partial charge >= 0.3 is 24.4 Å². The summed E-state index contributed by atoms with van der Waals surface area (Å²) in [6.07, 6.45) is -8.14. The average Bonchev–Trinajstić information content (AvgIpc) is 3.73. The maximum Gasteiger partial charge on any atom is 0.410 e. The normalized spacial score (nSPS) is 24.7. The van der Waals surface area contributed by atoms with E-state index in [9.17, 15) is 40.7 Å². The van der Waals surface area contributed by atoms with E-state index in [-0.39, 0.29) is 102 Å². The maximum absolute atomic E-state index is 13.7. The van der Waals surface area contributed by atoms with Crippen LogP contribution in [0.25, 0.3) is 0 Å². The third kappa shape index (κ3) is 7.73.